The summed E-state index contributed by atoms with van der Waals surface area (Å²) in [5.41, 5.74) is 2.94. The van der Waals surface area contributed by atoms with Gasteiger partial charge in [0.05, 0.1) is 11.4 Å². The van der Waals surface area contributed by atoms with Gasteiger partial charge in [-0.3, -0.25) is 14.5 Å². The minimum absolute atomic E-state index is 0.307. The SMILES string of the molecule is Cc1cc(C)c(OCC(=O)OCC(=O)N2c3ccccc3NC(=O)C2(C)C)c(C)c1. The first-order valence-corrected chi connectivity index (χ1v) is 9.71. The lowest BCUT2D eigenvalue weighted by Gasteiger charge is -2.41. The zero-order valence-electron chi connectivity index (χ0n) is 17.9. The lowest BCUT2D eigenvalue weighted by atomic mass is 9.96. The number of nitrogens with zero attached hydrogens (tertiary/aromatic N) is 1. The van der Waals surface area contributed by atoms with E-state index < -0.39 is 24.0 Å². The zero-order chi connectivity index (χ0) is 22.1. The number of aryl methyl sites for hydroxylation is 3. The van der Waals surface area contributed by atoms with E-state index in [1.165, 1.54) is 4.90 Å². The third-order valence-electron chi connectivity index (χ3n) is 5.05. The maximum absolute atomic E-state index is 12.9. The summed E-state index contributed by atoms with van der Waals surface area (Å²) in [5, 5.41) is 2.79. The number of ether oxygens (including phenoxy) is 2. The topological polar surface area (TPSA) is 84.9 Å². The van der Waals surface area contributed by atoms with Crippen LogP contribution in [-0.2, 0) is 19.1 Å². The van der Waals surface area contributed by atoms with Crippen LogP contribution in [-0.4, -0.2) is 36.5 Å². The van der Waals surface area contributed by atoms with Crippen molar-refractivity contribution < 1.29 is 23.9 Å². The zero-order valence-corrected chi connectivity index (χ0v) is 17.9. The van der Waals surface area contributed by atoms with E-state index >= 15 is 0 Å². The fourth-order valence-electron chi connectivity index (χ4n) is 3.67. The molecular weight excluding hydrogens is 384 g/mol. The van der Waals surface area contributed by atoms with E-state index in [4.69, 9.17) is 9.47 Å². The number of carbonyl (C=O) groups excluding carboxylic acids is 3. The Morgan fingerprint density at radius 1 is 1.03 bits per heavy atom. The highest BCUT2D eigenvalue weighted by atomic mass is 16.6. The largest absolute Gasteiger partial charge is 0.481 e. The Labute approximate surface area is 176 Å². The molecule has 0 aliphatic carbocycles. The average Bonchev–Trinajstić information content (AvgIpc) is 2.66. The van der Waals surface area contributed by atoms with E-state index in [0.29, 0.717) is 17.1 Å². The highest BCUT2D eigenvalue weighted by Crippen LogP contribution is 2.36. The van der Waals surface area contributed by atoms with Gasteiger partial charge in [-0.05, 0) is 57.9 Å². The predicted molar refractivity (Wildman–Crippen MR) is 114 cm³/mol. The Morgan fingerprint density at radius 2 is 1.67 bits per heavy atom. The minimum atomic E-state index is -1.12. The molecule has 2 aromatic carbocycles. The molecule has 1 N–H and O–H groups in total. The molecule has 0 bridgehead atoms. The molecule has 0 saturated carbocycles. The maximum atomic E-state index is 12.9. The standard InChI is InChI=1S/C23H26N2O5/c1-14-10-15(2)21(16(3)11-14)30-13-20(27)29-12-19(26)25-18-9-7-6-8-17(18)24-22(28)23(25,4)5/h6-11H,12-13H2,1-5H3,(H,24,28). The monoisotopic (exact) mass is 410 g/mol. The lowest BCUT2D eigenvalue weighted by Crippen LogP contribution is -2.59. The van der Waals surface area contributed by atoms with Gasteiger partial charge in [-0.2, -0.15) is 0 Å². The van der Waals surface area contributed by atoms with Gasteiger partial charge < -0.3 is 14.8 Å². The molecule has 1 aliphatic heterocycles. The fraction of sp³-hybridized carbons (Fsp3) is 0.348. The quantitative estimate of drug-likeness (QED) is 0.765. The van der Waals surface area contributed by atoms with Crippen molar-refractivity contribution in [3.05, 3.63) is 53.1 Å². The van der Waals surface area contributed by atoms with E-state index in [1.54, 1.807) is 38.1 Å². The summed E-state index contributed by atoms with van der Waals surface area (Å²) in [7, 11) is 0. The van der Waals surface area contributed by atoms with Crippen molar-refractivity contribution in [2.24, 2.45) is 0 Å². The van der Waals surface area contributed by atoms with Crippen LogP contribution in [0.5, 0.6) is 5.75 Å². The summed E-state index contributed by atoms with van der Waals surface area (Å²) in [6.07, 6.45) is 0. The molecule has 30 heavy (non-hydrogen) atoms. The Hall–Kier alpha value is -3.35. The van der Waals surface area contributed by atoms with Crippen LogP contribution in [0.1, 0.15) is 30.5 Å². The lowest BCUT2D eigenvalue weighted by molar-refractivity contribution is -0.150. The molecule has 1 heterocycles. The van der Waals surface area contributed by atoms with Crippen molar-refractivity contribution in [1.29, 1.82) is 0 Å². The summed E-state index contributed by atoms with van der Waals surface area (Å²) < 4.78 is 10.8. The highest BCUT2D eigenvalue weighted by Gasteiger charge is 2.43. The van der Waals surface area contributed by atoms with Crippen molar-refractivity contribution in [3.8, 4) is 5.75 Å². The summed E-state index contributed by atoms with van der Waals surface area (Å²) in [4.78, 5) is 38.9. The predicted octanol–water partition coefficient (Wildman–Crippen LogP) is 3.30. The number of anilines is 2. The average molecular weight is 410 g/mol. The van der Waals surface area contributed by atoms with E-state index in [9.17, 15) is 14.4 Å². The van der Waals surface area contributed by atoms with Crippen LogP contribution in [0.4, 0.5) is 11.4 Å². The van der Waals surface area contributed by atoms with E-state index in [1.807, 2.05) is 32.9 Å². The van der Waals surface area contributed by atoms with Gasteiger partial charge in [0, 0.05) is 0 Å². The van der Waals surface area contributed by atoms with Crippen molar-refractivity contribution >= 4 is 29.2 Å². The number of hydrogen-bond acceptors (Lipinski definition) is 5. The number of fused-ring (bicyclic) bond motifs is 1. The molecule has 0 spiro atoms. The van der Waals surface area contributed by atoms with Gasteiger partial charge in [0.2, 0.25) is 5.91 Å². The number of amides is 2. The van der Waals surface area contributed by atoms with Gasteiger partial charge in [0.25, 0.3) is 5.91 Å². The normalized spacial score (nSPS) is 14.6. The first kappa shape index (κ1) is 21.4. The molecule has 0 unspecified atom stereocenters. The minimum Gasteiger partial charge on any atom is -0.481 e. The van der Waals surface area contributed by atoms with Crippen molar-refractivity contribution in [2.75, 3.05) is 23.4 Å². The van der Waals surface area contributed by atoms with E-state index in [0.717, 1.165) is 16.7 Å². The third kappa shape index (κ3) is 4.15. The van der Waals surface area contributed by atoms with Gasteiger partial charge in [-0.25, -0.2) is 4.79 Å². The molecule has 1 aliphatic rings. The number of para-hydroxylation sites is 2. The second kappa shape index (κ2) is 8.18. The number of nitrogens with one attached hydrogen (secondary N) is 1. The Kier molecular flexibility index (Phi) is 5.82. The summed E-state index contributed by atoms with van der Waals surface area (Å²) in [5.74, 6) is -0.824. The molecule has 158 valence electrons. The van der Waals surface area contributed by atoms with Gasteiger partial charge in [0.1, 0.15) is 11.3 Å². The van der Waals surface area contributed by atoms with Crippen molar-refractivity contribution in [2.45, 2.75) is 40.2 Å². The molecule has 0 saturated heterocycles. The van der Waals surface area contributed by atoms with Crippen LogP contribution in [0, 0.1) is 20.8 Å². The van der Waals surface area contributed by atoms with Gasteiger partial charge in [-0.15, -0.1) is 0 Å². The summed E-state index contributed by atoms with van der Waals surface area (Å²) in [6.45, 7) is 8.30. The maximum Gasteiger partial charge on any atom is 0.344 e. The number of hydrogen-bond donors (Lipinski definition) is 1. The number of carbonyl (C=O) groups is 3. The van der Waals surface area contributed by atoms with Gasteiger partial charge in [-0.1, -0.05) is 29.8 Å². The smallest absolute Gasteiger partial charge is 0.344 e. The second-order valence-electron chi connectivity index (χ2n) is 7.94. The second-order valence-corrected chi connectivity index (χ2v) is 7.94. The number of benzene rings is 2. The molecule has 7 heteroatoms. The van der Waals surface area contributed by atoms with Crippen LogP contribution in [0.2, 0.25) is 0 Å². The van der Waals surface area contributed by atoms with E-state index in [2.05, 4.69) is 5.32 Å². The third-order valence-corrected chi connectivity index (χ3v) is 5.05. The molecule has 0 aromatic heterocycles. The van der Waals surface area contributed by atoms with Crippen LogP contribution < -0.4 is 15.0 Å². The Morgan fingerprint density at radius 3 is 2.33 bits per heavy atom. The van der Waals surface area contributed by atoms with Crippen LogP contribution in [0.3, 0.4) is 0 Å². The summed E-state index contributed by atoms with van der Waals surface area (Å²) >= 11 is 0. The van der Waals surface area contributed by atoms with E-state index in [-0.39, 0.29) is 12.5 Å². The Balaban J connectivity index is 1.65. The number of rotatable bonds is 5. The van der Waals surface area contributed by atoms with Crippen LogP contribution in [0.15, 0.2) is 36.4 Å². The molecule has 2 aromatic rings. The van der Waals surface area contributed by atoms with Crippen molar-refractivity contribution in [3.63, 3.8) is 0 Å². The molecule has 7 nitrogen and oxygen atoms in total. The van der Waals surface area contributed by atoms with Crippen molar-refractivity contribution in [1.82, 2.24) is 0 Å². The molecule has 0 radical (unpaired) electrons. The first-order valence-electron chi connectivity index (χ1n) is 9.71. The molecule has 3 rings (SSSR count). The van der Waals surface area contributed by atoms with Gasteiger partial charge >= 0.3 is 5.97 Å². The molecule has 0 atom stereocenters. The van der Waals surface area contributed by atoms with Crippen LogP contribution in [0.25, 0.3) is 0 Å². The fourth-order valence-corrected chi connectivity index (χ4v) is 3.67. The molecular formula is C23H26N2O5. The Bertz CT molecular complexity index is 989. The molecule has 0 fully saturated rings. The van der Waals surface area contributed by atoms with Crippen LogP contribution >= 0.6 is 0 Å². The molecule has 2 amide bonds. The van der Waals surface area contributed by atoms with Gasteiger partial charge in [0.15, 0.2) is 13.2 Å². The number of esters is 1. The highest BCUT2D eigenvalue weighted by molar-refractivity contribution is 6.14. The summed E-state index contributed by atoms with van der Waals surface area (Å²) in [6, 6.07) is 10.9. The first-order chi connectivity index (χ1) is 14.1.